The van der Waals surface area contributed by atoms with Gasteiger partial charge in [0.2, 0.25) is 17.7 Å². The fourth-order valence-electron chi connectivity index (χ4n) is 8.68. The second kappa shape index (κ2) is 17.5. The van der Waals surface area contributed by atoms with E-state index in [0.29, 0.717) is 52.0 Å². The Morgan fingerprint density at radius 1 is 1.12 bits per heavy atom. The maximum absolute atomic E-state index is 14.9. The molecule has 2 bridgehead atoms. The van der Waals surface area contributed by atoms with Crippen LogP contribution in [0.5, 0.6) is 0 Å². The van der Waals surface area contributed by atoms with E-state index in [4.69, 9.17) is 14.2 Å². The molecule has 1 aromatic carbocycles. The summed E-state index contributed by atoms with van der Waals surface area (Å²) in [5, 5.41) is 10.7. The Bertz CT molecular complexity index is 1430. The van der Waals surface area contributed by atoms with Crippen LogP contribution in [0.15, 0.2) is 55.6 Å². The van der Waals surface area contributed by atoms with Crippen LogP contribution in [0.1, 0.15) is 64.5 Å². The number of nitrogens with zero attached hydrogens (tertiary/aromatic N) is 4. The highest BCUT2D eigenvalue weighted by Crippen LogP contribution is 2.59. The largest absolute Gasteiger partial charge is 0.455 e. The maximum atomic E-state index is 14.9. The molecule has 3 amide bonds. The SMILES string of the molecule is C=CCCC(=O)N(C)[C@H](C)[C@H](OC(=O)[C@@H]1[C@H]2C(=O)N([C@@H](CO)CC(C)C)[C@H](C(=O)N(CC=C)CCN3CCOCC3)[C@]23CC[C@H]1O3)c1ccccc1. The highest BCUT2D eigenvalue weighted by Gasteiger charge is 2.75. The summed E-state index contributed by atoms with van der Waals surface area (Å²) >= 11 is 0. The summed E-state index contributed by atoms with van der Waals surface area (Å²) in [7, 11) is 1.70. The minimum atomic E-state index is -1.25. The lowest BCUT2D eigenvalue weighted by Crippen LogP contribution is -2.59. The number of carbonyl (C=O) groups is 4. The highest BCUT2D eigenvalue weighted by atomic mass is 16.6. The van der Waals surface area contributed by atoms with Gasteiger partial charge in [-0.05, 0) is 44.1 Å². The number of ether oxygens (including phenoxy) is 3. The van der Waals surface area contributed by atoms with Crippen molar-refractivity contribution in [3.8, 4) is 0 Å². The number of rotatable bonds is 18. The molecule has 4 aliphatic rings. The summed E-state index contributed by atoms with van der Waals surface area (Å²) in [4.78, 5) is 64.4. The molecule has 8 atom stereocenters. The Hall–Kier alpha value is -3.58. The summed E-state index contributed by atoms with van der Waals surface area (Å²) in [6.07, 6.45) is 4.13. The molecule has 1 N–H and O–H groups in total. The molecule has 12 nitrogen and oxygen atoms in total. The topological polar surface area (TPSA) is 129 Å². The van der Waals surface area contributed by atoms with Gasteiger partial charge in [0, 0.05) is 46.2 Å². The number of aliphatic hydroxyl groups excluding tert-OH is 1. The lowest BCUT2D eigenvalue weighted by atomic mass is 9.70. The van der Waals surface area contributed by atoms with E-state index in [-0.39, 0.29) is 43.2 Å². The summed E-state index contributed by atoms with van der Waals surface area (Å²) in [5.41, 5.74) is -0.535. The number of aliphatic hydroxyl groups is 1. The van der Waals surface area contributed by atoms with Crippen LogP contribution in [0.4, 0.5) is 0 Å². The van der Waals surface area contributed by atoms with Crippen LogP contribution in [0.25, 0.3) is 0 Å². The van der Waals surface area contributed by atoms with Gasteiger partial charge in [-0.15, -0.1) is 13.2 Å². The third-order valence-corrected chi connectivity index (χ3v) is 11.4. The van der Waals surface area contributed by atoms with Crippen molar-refractivity contribution in [2.75, 3.05) is 59.6 Å². The van der Waals surface area contributed by atoms with Gasteiger partial charge in [-0.25, -0.2) is 0 Å². The van der Waals surface area contributed by atoms with E-state index in [1.807, 2.05) is 51.1 Å². The molecule has 0 unspecified atom stereocenters. The van der Waals surface area contributed by atoms with Crippen LogP contribution in [-0.2, 0) is 33.4 Å². The zero-order chi connectivity index (χ0) is 37.6. The highest BCUT2D eigenvalue weighted by molar-refractivity contribution is 5.98. The van der Waals surface area contributed by atoms with Gasteiger partial charge in [0.05, 0.1) is 49.8 Å². The van der Waals surface area contributed by atoms with Gasteiger partial charge in [-0.3, -0.25) is 24.1 Å². The van der Waals surface area contributed by atoms with Crippen molar-refractivity contribution in [3.05, 3.63) is 61.2 Å². The lowest BCUT2D eigenvalue weighted by molar-refractivity contribution is -0.165. The van der Waals surface area contributed by atoms with Gasteiger partial charge in [0.1, 0.15) is 17.7 Å². The molecule has 286 valence electrons. The quantitative estimate of drug-likeness (QED) is 0.180. The molecule has 0 radical (unpaired) electrons. The fourth-order valence-corrected chi connectivity index (χ4v) is 8.68. The average molecular weight is 723 g/mol. The number of allylic oxidation sites excluding steroid dienone is 1. The molecule has 0 saturated carbocycles. The number of esters is 1. The van der Waals surface area contributed by atoms with Crippen LogP contribution >= 0.6 is 0 Å². The number of benzene rings is 1. The first-order chi connectivity index (χ1) is 25.0. The van der Waals surface area contributed by atoms with Crippen LogP contribution < -0.4 is 0 Å². The molecule has 1 spiro atoms. The van der Waals surface area contributed by atoms with Gasteiger partial charge in [0.25, 0.3) is 0 Å². The van der Waals surface area contributed by atoms with E-state index in [1.165, 1.54) is 0 Å². The minimum absolute atomic E-state index is 0.104. The van der Waals surface area contributed by atoms with E-state index < -0.39 is 53.7 Å². The number of carbonyl (C=O) groups excluding carboxylic acids is 4. The maximum Gasteiger partial charge on any atom is 0.313 e. The molecular weight excluding hydrogens is 664 g/mol. The van der Waals surface area contributed by atoms with Crippen LogP contribution in [0.2, 0.25) is 0 Å². The van der Waals surface area contributed by atoms with Crippen molar-refractivity contribution in [2.24, 2.45) is 17.8 Å². The summed E-state index contributed by atoms with van der Waals surface area (Å²) in [6.45, 7) is 17.3. The first-order valence-electron chi connectivity index (χ1n) is 18.9. The molecular formula is C40H58N4O8. The zero-order valence-electron chi connectivity index (χ0n) is 31.4. The predicted octanol–water partition coefficient (Wildman–Crippen LogP) is 3.21. The van der Waals surface area contributed by atoms with Crippen molar-refractivity contribution in [1.82, 2.24) is 19.6 Å². The lowest BCUT2D eigenvalue weighted by Gasteiger charge is -2.40. The fraction of sp³-hybridized carbons (Fsp3) is 0.650. The molecule has 5 rings (SSSR count). The third kappa shape index (κ3) is 8.00. The van der Waals surface area contributed by atoms with Crippen LogP contribution in [0, 0.1) is 17.8 Å². The number of hydrogen-bond acceptors (Lipinski definition) is 9. The number of likely N-dealkylation sites (tertiary alicyclic amines) is 1. The molecule has 0 aromatic heterocycles. The van der Waals surface area contributed by atoms with E-state index in [1.54, 1.807) is 33.9 Å². The van der Waals surface area contributed by atoms with Crippen molar-refractivity contribution < 1.29 is 38.5 Å². The first-order valence-corrected chi connectivity index (χ1v) is 18.9. The summed E-state index contributed by atoms with van der Waals surface area (Å²) in [5.74, 6) is -3.12. The second-order valence-corrected chi connectivity index (χ2v) is 15.1. The van der Waals surface area contributed by atoms with Gasteiger partial charge < -0.3 is 34.0 Å². The van der Waals surface area contributed by atoms with Gasteiger partial charge in [-0.1, -0.05) is 56.3 Å². The van der Waals surface area contributed by atoms with E-state index >= 15 is 0 Å². The van der Waals surface area contributed by atoms with Crippen molar-refractivity contribution >= 4 is 23.7 Å². The number of amides is 3. The van der Waals surface area contributed by atoms with Gasteiger partial charge in [0.15, 0.2) is 0 Å². The van der Waals surface area contributed by atoms with Crippen molar-refractivity contribution in [3.63, 3.8) is 0 Å². The molecule has 1 aromatic rings. The standard InChI is InChI=1S/C40H58N4O8/c1-7-9-15-32(46)41(6)28(5)35(29-13-11-10-12-14-29)51-39(49)33-31-16-17-40(52-31)34(33)37(47)44(30(26-45)25-27(3)4)36(40)38(48)43(18-8-2)20-19-42-21-23-50-24-22-42/h7-8,10-14,27-28,30-31,33-36,45H,1-2,9,15-26H2,3-6H3/t28-,30-,31-,33+,34+,35+,36-,40+/m1/s1. The van der Waals surface area contributed by atoms with E-state index in [9.17, 15) is 24.3 Å². The molecule has 4 fully saturated rings. The van der Waals surface area contributed by atoms with Gasteiger partial charge >= 0.3 is 5.97 Å². The number of fused-ring (bicyclic) bond motifs is 1. The Labute approximate surface area is 308 Å². The molecule has 52 heavy (non-hydrogen) atoms. The number of morpholine rings is 1. The molecule has 12 heteroatoms. The Morgan fingerprint density at radius 2 is 1.83 bits per heavy atom. The average Bonchev–Trinajstić information content (AvgIpc) is 3.80. The van der Waals surface area contributed by atoms with Crippen LogP contribution in [-0.4, -0.2) is 138 Å². The monoisotopic (exact) mass is 722 g/mol. The normalized spacial score (nSPS) is 27.2. The third-order valence-electron chi connectivity index (χ3n) is 11.4. The zero-order valence-corrected chi connectivity index (χ0v) is 31.4. The van der Waals surface area contributed by atoms with Crippen molar-refractivity contribution in [1.29, 1.82) is 0 Å². The molecule has 4 heterocycles. The van der Waals surface area contributed by atoms with Crippen LogP contribution in [0.3, 0.4) is 0 Å². The number of hydrogen-bond donors (Lipinski definition) is 1. The molecule has 0 aliphatic carbocycles. The Kier molecular flexibility index (Phi) is 13.3. The second-order valence-electron chi connectivity index (χ2n) is 15.1. The smallest absolute Gasteiger partial charge is 0.313 e. The molecule has 4 saturated heterocycles. The van der Waals surface area contributed by atoms with Crippen molar-refractivity contribution in [2.45, 2.75) is 88.8 Å². The van der Waals surface area contributed by atoms with Gasteiger partial charge in [-0.2, -0.15) is 0 Å². The van der Waals surface area contributed by atoms with E-state index in [0.717, 1.165) is 18.7 Å². The summed E-state index contributed by atoms with van der Waals surface area (Å²) < 4.78 is 18.6. The molecule has 4 aliphatic heterocycles. The van der Waals surface area contributed by atoms with E-state index in [2.05, 4.69) is 18.1 Å². The predicted molar refractivity (Wildman–Crippen MR) is 196 cm³/mol. The summed E-state index contributed by atoms with van der Waals surface area (Å²) in [6, 6.07) is 7.10. The Balaban J connectivity index is 1.47. The minimum Gasteiger partial charge on any atom is -0.455 e. The number of likely N-dealkylation sites (N-methyl/N-ethyl adjacent to an activating group) is 1. The Morgan fingerprint density at radius 3 is 2.46 bits per heavy atom. The first kappa shape index (κ1) is 39.6.